The van der Waals surface area contributed by atoms with Crippen molar-refractivity contribution in [3.8, 4) is 6.07 Å². The summed E-state index contributed by atoms with van der Waals surface area (Å²) in [7, 11) is 0. The first-order valence-corrected chi connectivity index (χ1v) is 7.63. The number of H-pyrrole nitrogens is 1. The highest BCUT2D eigenvalue weighted by molar-refractivity contribution is 6.09. The highest BCUT2D eigenvalue weighted by atomic mass is 16.2. The molecule has 0 aliphatic rings. The predicted octanol–water partition coefficient (Wildman–Crippen LogP) is 2.03. The lowest BCUT2D eigenvalue weighted by molar-refractivity contribution is 0.102. The molecule has 0 unspecified atom stereocenters. The molecule has 2 rings (SSSR count). The molecule has 1 N–H and O–H groups in total. The lowest BCUT2D eigenvalue weighted by Crippen LogP contribution is -2.37. The molecule has 1 aromatic heterocycles. The van der Waals surface area contributed by atoms with E-state index in [0.29, 0.717) is 5.56 Å². The van der Waals surface area contributed by atoms with Gasteiger partial charge in [-0.15, -0.1) is 0 Å². The molecule has 0 spiro atoms. The molecular weight excluding hydrogens is 306 g/mol. The van der Waals surface area contributed by atoms with Crippen LogP contribution in [-0.2, 0) is 6.54 Å². The summed E-state index contributed by atoms with van der Waals surface area (Å²) < 4.78 is 1.04. The number of nitrogens with zero attached hydrogens (tertiary/aromatic N) is 2. The van der Waals surface area contributed by atoms with Gasteiger partial charge in [0, 0.05) is 11.1 Å². The Morgan fingerprint density at radius 2 is 1.79 bits per heavy atom. The van der Waals surface area contributed by atoms with Crippen LogP contribution in [0.15, 0.2) is 27.8 Å². The van der Waals surface area contributed by atoms with Crippen LogP contribution >= 0.6 is 0 Å². The number of aromatic amines is 1. The molecule has 6 heteroatoms. The van der Waals surface area contributed by atoms with Gasteiger partial charge in [0.2, 0.25) is 5.78 Å². The van der Waals surface area contributed by atoms with Crippen LogP contribution in [0.2, 0.25) is 0 Å². The zero-order chi connectivity index (χ0) is 18.0. The molecule has 0 atom stereocenters. The summed E-state index contributed by atoms with van der Waals surface area (Å²) in [4.78, 5) is 39.6. The Labute approximate surface area is 139 Å². The topological polar surface area (TPSA) is 95.7 Å². The normalized spacial score (nSPS) is 10.7. The molecule has 24 heavy (non-hydrogen) atoms. The molecule has 0 bridgehead atoms. The van der Waals surface area contributed by atoms with E-state index >= 15 is 0 Å². The van der Waals surface area contributed by atoms with Gasteiger partial charge < -0.3 is 0 Å². The van der Waals surface area contributed by atoms with E-state index in [1.165, 1.54) is 0 Å². The maximum absolute atomic E-state index is 13.1. The van der Waals surface area contributed by atoms with E-state index in [1.807, 2.05) is 26.0 Å². The first-order chi connectivity index (χ1) is 11.3. The van der Waals surface area contributed by atoms with Gasteiger partial charge >= 0.3 is 5.69 Å². The van der Waals surface area contributed by atoms with Crippen LogP contribution in [0.25, 0.3) is 0 Å². The van der Waals surface area contributed by atoms with Crippen molar-refractivity contribution in [1.29, 1.82) is 5.26 Å². The number of benzene rings is 1. The number of hydrogen-bond donors (Lipinski definition) is 1. The van der Waals surface area contributed by atoms with Gasteiger partial charge in [0.1, 0.15) is 12.2 Å². The van der Waals surface area contributed by atoms with Crippen LogP contribution in [-0.4, -0.2) is 15.3 Å². The Kier molecular flexibility index (Phi) is 4.84. The molecule has 0 aliphatic heterocycles. The third-order valence-electron chi connectivity index (χ3n) is 3.74. The van der Waals surface area contributed by atoms with Crippen LogP contribution in [0.5, 0.6) is 0 Å². The van der Waals surface area contributed by atoms with Crippen molar-refractivity contribution in [2.45, 2.75) is 40.2 Å². The minimum atomic E-state index is -0.751. The fourth-order valence-electron chi connectivity index (χ4n) is 2.83. The quantitative estimate of drug-likeness (QED) is 0.870. The Bertz CT molecular complexity index is 939. The summed E-state index contributed by atoms with van der Waals surface area (Å²) >= 11 is 0. The minimum Gasteiger partial charge on any atom is -0.287 e. The molecule has 0 saturated carbocycles. The summed E-state index contributed by atoms with van der Waals surface area (Å²) in [6, 6.07) is 7.22. The van der Waals surface area contributed by atoms with Crippen molar-refractivity contribution in [3.05, 3.63) is 67.0 Å². The van der Waals surface area contributed by atoms with E-state index < -0.39 is 17.0 Å². The van der Waals surface area contributed by atoms with Crippen LogP contribution in [0.1, 0.15) is 52.5 Å². The van der Waals surface area contributed by atoms with Crippen molar-refractivity contribution in [2.24, 2.45) is 0 Å². The maximum atomic E-state index is 13.1. The number of nitriles is 1. The second kappa shape index (κ2) is 6.67. The third kappa shape index (κ3) is 3.20. The number of aryl methyl sites for hydroxylation is 2. The molecule has 1 aromatic carbocycles. The van der Waals surface area contributed by atoms with Crippen molar-refractivity contribution in [2.75, 3.05) is 0 Å². The molecule has 6 nitrogen and oxygen atoms in total. The van der Waals surface area contributed by atoms with E-state index in [1.54, 1.807) is 26.0 Å². The molecule has 124 valence electrons. The molecular formula is C18H19N3O3. The number of nitrogens with one attached hydrogen (secondary N) is 1. The molecule has 2 aromatic rings. The van der Waals surface area contributed by atoms with Gasteiger partial charge in [0.05, 0.1) is 6.07 Å². The highest BCUT2D eigenvalue weighted by Gasteiger charge is 2.24. The van der Waals surface area contributed by atoms with Crippen LogP contribution in [0.4, 0.5) is 0 Å². The second-order valence-corrected chi connectivity index (χ2v) is 6.13. The Hall–Kier alpha value is -2.94. The summed E-state index contributed by atoms with van der Waals surface area (Å²) in [5.41, 5.74) is 1.08. The number of hydrogen-bond acceptors (Lipinski definition) is 4. The third-order valence-corrected chi connectivity index (χ3v) is 3.74. The van der Waals surface area contributed by atoms with Crippen LogP contribution in [0.3, 0.4) is 0 Å². The van der Waals surface area contributed by atoms with E-state index in [9.17, 15) is 14.4 Å². The standard InChI is InChI=1S/C18H19N3O3/c1-10(2)14-15(21(6-5-19)18(24)20-17(14)23)16(22)13-8-11(3)7-12(4)9-13/h7-10H,6H2,1-4H3,(H,20,23,24). The Morgan fingerprint density at radius 3 is 2.29 bits per heavy atom. The number of carbonyl (C=O) groups excluding carboxylic acids is 1. The number of rotatable bonds is 4. The number of carbonyl (C=O) groups is 1. The van der Waals surface area contributed by atoms with E-state index in [0.717, 1.165) is 15.7 Å². The van der Waals surface area contributed by atoms with E-state index in [4.69, 9.17) is 5.26 Å². The second-order valence-electron chi connectivity index (χ2n) is 6.13. The van der Waals surface area contributed by atoms with Gasteiger partial charge in [-0.05, 0) is 31.9 Å². The molecule has 0 amide bonds. The molecule has 0 saturated heterocycles. The summed E-state index contributed by atoms with van der Waals surface area (Å²) in [6.45, 7) is 6.97. The van der Waals surface area contributed by atoms with E-state index in [2.05, 4.69) is 4.98 Å². The first-order valence-electron chi connectivity index (χ1n) is 7.63. The van der Waals surface area contributed by atoms with Crippen LogP contribution < -0.4 is 11.2 Å². The predicted molar refractivity (Wildman–Crippen MR) is 90.4 cm³/mol. The fraction of sp³-hybridized carbons (Fsp3) is 0.333. The van der Waals surface area contributed by atoms with Crippen molar-refractivity contribution in [3.63, 3.8) is 0 Å². The minimum absolute atomic E-state index is 0.00898. The largest absolute Gasteiger partial charge is 0.329 e. The zero-order valence-electron chi connectivity index (χ0n) is 14.1. The maximum Gasteiger partial charge on any atom is 0.329 e. The molecule has 0 fully saturated rings. The van der Waals surface area contributed by atoms with Gasteiger partial charge in [-0.25, -0.2) is 4.79 Å². The Morgan fingerprint density at radius 1 is 1.21 bits per heavy atom. The SMILES string of the molecule is Cc1cc(C)cc(C(=O)c2c(C(C)C)c(=O)[nH]c(=O)n2CC#N)c1. The number of aromatic nitrogens is 2. The summed E-state index contributed by atoms with van der Waals surface area (Å²) in [5, 5.41) is 8.99. The molecule has 0 radical (unpaired) electrons. The fourth-order valence-corrected chi connectivity index (χ4v) is 2.83. The Balaban J connectivity index is 2.84. The monoisotopic (exact) mass is 325 g/mol. The lowest BCUT2D eigenvalue weighted by Gasteiger charge is -2.16. The van der Waals surface area contributed by atoms with Crippen molar-refractivity contribution < 1.29 is 4.79 Å². The van der Waals surface area contributed by atoms with Crippen LogP contribution in [0, 0.1) is 25.2 Å². The highest BCUT2D eigenvalue weighted by Crippen LogP contribution is 2.19. The van der Waals surface area contributed by atoms with Gasteiger partial charge in [0.15, 0.2) is 0 Å². The van der Waals surface area contributed by atoms with Gasteiger partial charge in [-0.3, -0.25) is 19.1 Å². The van der Waals surface area contributed by atoms with Crippen molar-refractivity contribution >= 4 is 5.78 Å². The van der Waals surface area contributed by atoms with Gasteiger partial charge in [-0.2, -0.15) is 5.26 Å². The van der Waals surface area contributed by atoms with E-state index in [-0.39, 0.29) is 23.7 Å². The summed E-state index contributed by atoms with van der Waals surface area (Å²) in [5.74, 6) is -0.701. The van der Waals surface area contributed by atoms with Gasteiger partial charge in [0.25, 0.3) is 5.56 Å². The smallest absolute Gasteiger partial charge is 0.287 e. The molecule has 0 aliphatic carbocycles. The zero-order valence-corrected chi connectivity index (χ0v) is 14.1. The molecule has 1 heterocycles. The average Bonchev–Trinajstić information content (AvgIpc) is 2.47. The number of ketones is 1. The first kappa shape index (κ1) is 17.4. The average molecular weight is 325 g/mol. The summed E-state index contributed by atoms with van der Waals surface area (Å²) in [6.07, 6.45) is 0. The lowest BCUT2D eigenvalue weighted by atomic mass is 9.95. The van der Waals surface area contributed by atoms with Gasteiger partial charge in [-0.1, -0.05) is 31.0 Å². The van der Waals surface area contributed by atoms with Crippen molar-refractivity contribution in [1.82, 2.24) is 9.55 Å².